The summed E-state index contributed by atoms with van der Waals surface area (Å²) in [5.41, 5.74) is 7.31. The van der Waals surface area contributed by atoms with Gasteiger partial charge in [0.25, 0.3) is 5.91 Å². The molecular weight excluding hydrogens is 280 g/mol. The van der Waals surface area contributed by atoms with E-state index in [0.29, 0.717) is 23.7 Å². The van der Waals surface area contributed by atoms with Crippen LogP contribution in [0.5, 0.6) is 0 Å². The number of nitrogens with two attached hydrogens (primary N) is 1. The largest absolute Gasteiger partial charge is 0.338 e. The molecule has 2 atom stereocenters. The lowest BCUT2D eigenvalue weighted by Crippen LogP contribution is -2.45. The highest BCUT2D eigenvalue weighted by molar-refractivity contribution is 5.97. The Bertz CT molecular complexity index is 639. The van der Waals surface area contributed by atoms with E-state index in [1.807, 2.05) is 36.1 Å². The van der Waals surface area contributed by atoms with Crippen molar-refractivity contribution < 1.29 is 4.79 Å². The Morgan fingerprint density at radius 1 is 1.41 bits per heavy atom. The average Bonchev–Trinajstić information content (AvgIpc) is 3.08. The second kappa shape index (κ2) is 6.23. The molecule has 0 radical (unpaired) electrons. The summed E-state index contributed by atoms with van der Waals surface area (Å²) < 4.78 is 1.51. The molecule has 116 valence electrons. The fourth-order valence-electron chi connectivity index (χ4n) is 2.92. The monoisotopic (exact) mass is 300 g/mol. The van der Waals surface area contributed by atoms with Crippen LogP contribution in [0, 0.1) is 5.92 Å². The van der Waals surface area contributed by atoms with Crippen molar-refractivity contribution in [3.05, 3.63) is 36.2 Å². The fraction of sp³-hybridized carbons (Fsp3) is 0.467. The lowest BCUT2D eigenvalue weighted by molar-refractivity contribution is 0.0661. The zero-order chi connectivity index (χ0) is 15.5. The number of piperidine rings is 1. The summed E-state index contributed by atoms with van der Waals surface area (Å²) in [6, 6.07) is 7.49. The van der Waals surface area contributed by atoms with Gasteiger partial charge in [-0.25, -0.2) is 0 Å². The highest BCUT2D eigenvalue weighted by Crippen LogP contribution is 2.22. The van der Waals surface area contributed by atoms with Crippen LogP contribution < -0.4 is 5.73 Å². The number of rotatable bonds is 3. The number of likely N-dealkylation sites (tertiary alicyclic amines) is 1. The number of amides is 1. The Morgan fingerprint density at radius 3 is 2.95 bits per heavy atom. The van der Waals surface area contributed by atoms with E-state index in [-0.39, 0.29) is 11.9 Å². The minimum Gasteiger partial charge on any atom is -0.338 e. The normalized spacial score (nSPS) is 19.9. The third-order valence-corrected chi connectivity index (χ3v) is 4.22. The number of hydrogen-bond donors (Lipinski definition) is 1. The molecular formula is C15H20N6O. The van der Waals surface area contributed by atoms with E-state index in [1.165, 1.54) is 11.0 Å². The quantitative estimate of drug-likeness (QED) is 0.908. The van der Waals surface area contributed by atoms with Gasteiger partial charge in [0.2, 0.25) is 0 Å². The highest BCUT2D eigenvalue weighted by Gasteiger charge is 2.27. The van der Waals surface area contributed by atoms with Gasteiger partial charge < -0.3 is 10.6 Å². The van der Waals surface area contributed by atoms with Gasteiger partial charge in [0, 0.05) is 19.1 Å². The summed E-state index contributed by atoms with van der Waals surface area (Å²) in [6.07, 6.45) is 3.56. The molecule has 0 saturated carbocycles. The van der Waals surface area contributed by atoms with E-state index >= 15 is 0 Å². The summed E-state index contributed by atoms with van der Waals surface area (Å²) in [5, 5.41) is 11.2. The Kier molecular flexibility index (Phi) is 4.15. The Balaban J connectivity index is 1.87. The zero-order valence-corrected chi connectivity index (χ0v) is 12.6. The second-order valence-corrected chi connectivity index (χ2v) is 5.78. The van der Waals surface area contributed by atoms with E-state index in [4.69, 9.17) is 5.73 Å². The predicted octanol–water partition coefficient (Wildman–Crippen LogP) is 0.862. The minimum absolute atomic E-state index is 0.0106. The van der Waals surface area contributed by atoms with Crippen molar-refractivity contribution in [2.24, 2.45) is 11.7 Å². The van der Waals surface area contributed by atoms with Gasteiger partial charge in [-0.15, -0.1) is 5.10 Å². The summed E-state index contributed by atoms with van der Waals surface area (Å²) in [4.78, 5) is 14.8. The summed E-state index contributed by atoms with van der Waals surface area (Å²) in [5.74, 6) is 0.370. The zero-order valence-electron chi connectivity index (χ0n) is 12.6. The molecule has 2 N–H and O–H groups in total. The molecule has 0 aliphatic carbocycles. The smallest absolute Gasteiger partial charge is 0.256 e. The Morgan fingerprint density at radius 2 is 2.23 bits per heavy atom. The number of aromatic nitrogens is 4. The van der Waals surface area contributed by atoms with Gasteiger partial charge in [0.05, 0.1) is 11.3 Å². The van der Waals surface area contributed by atoms with Crippen LogP contribution in [0.15, 0.2) is 30.6 Å². The molecule has 7 nitrogen and oxygen atoms in total. The van der Waals surface area contributed by atoms with E-state index in [1.54, 1.807) is 0 Å². The maximum atomic E-state index is 12.9. The number of nitrogens with zero attached hydrogens (tertiary/aromatic N) is 5. The van der Waals surface area contributed by atoms with Crippen LogP contribution in [-0.4, -0.2) is 50.1 Å². The molecule has 0 spiro atoms. The maximum Gasteiger partial charge on any atom is 0.256 e. The molecule has 3 rings (SSSR count). The number of carbonyl (C=O) groups is 1. The first-order chi connectivity index (χ1) is 10.7. The Hall–Kier alpha value is -2.28. The van der Waals surface area contributed by atoms with Crippen molar-refractivity contribution in [1.82, 2.24) is 25.1 Å². The summed E-state index contributed by atoms with van der Waals surface area (Å²) in [6.45, 7) is 3.49. The second-order valence-electron chi connectivity index (χ2n) is 5.78. The molecule has 7 heteroatoms. The lowest BCUT2D eigenvalue weighted by Gasteiger charge is -2.35. The lowest BCUT2D eigenvalue weighted by atomic mass is 9.92. The van der Waals surface area contributed by atoms with E-state index in [0.717, 1.165) is 19.4 Å². The molecule has 0 unspecified atom stereocenters. The van der Waals surface area contributed by atoms with Crippen LogP contribution in [0.3, 0.4) is 0 Å². The molecule has 0 bridgehead atoms. The van der Waals surface area contributed by atoms with Crippen molar-refractivity contribution in [2.75, 3.05) is 13.1 Å². The third kappa shape index (κ3) is 2.85. The first kappa shape index (κ1) is 14.6. The van der Waals surface area contributed by atoms with Gasteiger partial charge in [-0.3, -0.25) is 4.79 Å². The molecule has 22 heavy (non-hydrogen) atoms. The van der Waals surface area contributed by atoms with Crippen molar-refractivity contribution in [3.63, 3.8) is 0 Å². The van der Waals surface area contributed by atoms with Crippen molar-refractivity contribution >= 4 is 5.91 Å². The topological polar surface area (TPSA) is 89.9 Å². The van der Waals surface area contributed by atoms with Crippen LogP contribution >= 0.6 is 0 Å². The Labute approximate surface area is 129 Å². The van der Waals surface area contributed by atoms with Crippen LogP contribution in [0.4, 0.5) is 0 Å². The first-order valence-electron chi connectivity index (χ1n) is 7.54. The van der Waals surface area contributed by atoms with Crippen LogP contribution in [0.25, 0.3) is 5.69 Å². The average molecular weight is 300 g/mol. The van der Waals surface area contributed by atoms with Gasteiger partial charge in [-0.2, -0.15) is 4.68 Å². The van der Waals surface area contributed by atoms with E-state index in [9.17, 15) is 4.79 Å². The molecule has 1 aliphatic rings. The van der Waals surface area contributed by atoms with Crippen LogP contribution in [0.1, 0.15) is 30.1 Å². The van der Waals surface area contributed by atoms with E-state index in [2.05, 4.69) is 15.5 Å². The number of tetrazole rings is 1. The molecule has 1 aromatic heterocycles. The molecule has 1 fully saturated rings. The SMILES string of the molecule is C[C@@H](N)[C@H]1CCCN(C(=O)c2ccccc2-n2cnnn2)C1. The third-order valence-electron chi connectivity index (χ3n) is 4.22. The highest BCUT2D eigenvalue weighted by atomic mass is 16.2. The van der Waals surface area contributed by atoms with Crippen molar-refractivity contribution in [2.45, 2.75) is 25.8 Å². The van der Waals surface area contributed by atoms with E-state index < -0.39 is 0 Å². The summed E-state index contributed by atoms with van der Waals surface area (Å²) >= 11 is 0. The number of para-hydroxylation sites is 1. The molecule has 1 aliphatic heterocycles. The maximum absolute atomic E-state index is 12.9. The molecule has 1 aromatic carbocycles. The molecule has 1 saturated heterocycles. The molecule has 2 heterocycles. The van der Waals surface area contributed by atoms with Crippen LogP contribution in [-0.2, 0) is 0 Å². The van der Waals surface area contributed by atoms with Gasteiger partial charge >= 0.3 is 0 Å². The minimum atomic E-state index is 0.0106. The van der Waals surface area contributed by atoms with Crippen molar-refractivity contribution in [1.29, 1.82) is 0 Å². The van der Waals surface area contributed by atoms with Gasteiger partial charge in [0.15, 0.2) is 0 Å². The predicted molar refractivity (Wildman–Crippen MR) is 81.4 cm³/mol. The van der Waals surface area contributed by atoms with Gasteiger partial charge in [-0.05, 0) is 48.2 Å². The standard InChI is InChI=1S/C15H20N6O/c1-11(16)12-5-4-8-20(9-12)15(22)13-6-2-3-7-14(13)21-10-17-18-19-21/h2-3,6-7,10-12H,4-5,8-9,16H2,1H3/t11-,12+/m1/s1. The van der Waals surface area contributed by atoms with Gasteiger partial charge in [-0.1, -0.05) is 12.1 Å². The van der Waals surface area contributed by atoms with Gasteiger partial charge in [0.1, 0.15) is 6.33 Å². The first-order valence-corrected chi connectivity index (χ1v) is 7.54. The number of benzene rings is 1. The van der Waals surface area contributed by atoms with Crippen molar-refractivity contribution in [3.8, 4) is 5.69 Å². The molecule has 2 aromatic rings. The summed E-state index contributed by atoms with van der Waals surface area (Å²) in [7, 11) is 0. The number of carbonyl (C=O) groups excluding carboxylic acids is 1. The fourth-order valence-corrected chi connectivity index (χ4v) is 2.92. The molecule has 1 amide bonds. The number of hydrogen-bond acceptors (Lipinski definition) is 5. The van der Waals surface area contributed by atoms with Crippen LogP contribution in [0.2, 0.25) is 0 Å².